The first-order valence-corrected chi connectivity index (χ1v) is 7.80. The van der Waals surface area contributed by atoms with Gasteiger partial charge in [0.25, 0.3) is 5.91 Å². The van der Waals surface area contributed by atoms with Crippen molar-refractivity contribution in [1.29, 1.82) is 0 Å². The Morgan fingerprint density at radius 2 is 1.95 bits per heavy atom. The van der Waals surface area contributed by atoms with E-state index in [9.17, 15) is 4.79 Å². The molecule has 0 saturated carbocycles. The summed E-state index contributed by atoms with van der Waals surface area (Å²) in [7, 11) is 5.20. The highest BCUT2D eigenvalue weighted by atomic mass is 32.1. The lowest BCUT2D eigenvalue weighted by Gasteiger charge is -2.12. The van der Waals surface area contributed by atoms with Gasteiger partial charge in [-0.15, -0.1) is 11.3 Å². The number of thiophene rings is 1. The number of rotatable bonds is 4. The quantitative estimate of drug-likeness (QED) is 0.845. The van der Waals surface area contributed by atoms with Gasteiger partial charge < -0.3 is 9.64 Å². The molecule has 0 aliphatic heterocycles. The van der Waals surface area contributed by atoms with E-state index < -0.39 is 0 Å². The molecule has 0 aliphatic rings. The lowest BCUT2D eigenvalue weighted by molar-refractivity contribution is 0.0832. The summed E-state index contributed by atoms with van der Waals surface area (Å²) in [6.45, 7) is 4.33. The van der Waals surface area contributed by atoms with E-state index in [0.29, 0.717) is 5.92 Å². The molecule has 0 fully saturated rings. The zero-order chi connectivity index (χ0) is 15.6. The molecule has 0 atom stereocenters. The molecule has 1 amide bonds. The molecule has 0 aliphatic carbocycles. The molecule has 2 rings (SSSR count). The van der Waals surface area contributed by atoms with Gasteiger partial charge in [0.2, 0.25) is 0 Å². The molecular formula is C17H21NO2S. The zero-order valence-electron chi connectivity index (χ0n) is 13.1. The highest BCUT2D eigenvalue weighted by Crippen LogP contribution is 2.35. The molecule has 112 valence electrons. The van der Waals surface area contributed by atoms with Crippen LogP contribution in [-0.2, 0) is 0 Å². The van der Waals surface area contributed by atoms with Crippen LogP contribution in [-0.4, -0.2) is 32.0 Å². The van der Waals surface area contributed by atoms with Gasteiger partial charge in [-0.05, 0) is 40.6 Å². The molecule has 1 aromatic heterocycles. The summed E-state index contributed by atoms with van der Waals surface area (Å²) in [6.07, 6.45) is 0. The van der Waals surface area contributed by atoms with Gasteiger partial charge in [-0.25, -0.2) is 0 Å². The fraction of sp³-hybridized carbons (Fsp3) is 0.353. The fourth-order valence-corrected chi connectivity index (χ4v) is 3.05. The number of carbonyl (C=O) groups is 1. The predicted molar refractivity (Wildman–Crippen MR) is 88.4 cm³/mol. The topological polar surface area (TPSA) is 29.5 Å². The SMILES string of the molecule is COc1ccc(C(C)C)cc1-c1csc(C(=O)N(C)C)c1. The molecule has 4 heteroatoms. The molecule has 0 unspecified atom stereocenters. The highest BCUT2D eigenvalue weighted by Gasteiger charge is 2.15. The van der Waals surface area contributed by atoms with Crippen molar-refractivity contribution in [2.24, 2.45) is 0 Å². The summed E-state index contributed by atoms with van der Waals surface area (Å²) in [4.78, 5) is 14.4. The van der Waals surface area contributed by atoms with E-state index >= 15 is 0 Å². The molecule has 0 N–H and O–H groups in total. The third-order valence-corrected chi connectivity index (χ3v) is 4.34. The van der Waals surface area contributed by atoms with Crippen molar-refractivity contribution in [2.45, 2.75) is 19.8 Å². The maximum Gasteiger partial charge on any atom is 0.263 e. The Labute approximate surface area is 130 Å². The molecular weight excluding hydrogens is 282 g/mol. The fourth-order valence-electron chi connectivity index (χ4n) is 2.12. The van der Waals surface area contributed by atoms with E-state index in [4.69, 9.17) is 4.74 Å². The van der Waals surface area contributed by atoms with Crippen LogP contribution < -0.4 is 4.74 Å². The molecule has 0 radical (unpaired) electrons. The number of ether oxygens (including phenoxy) is 1. The standard InChI is InChI=1S/C17H21NO2S/c1-11(2)12-6-7-15(20-5)14(8-12)13-9-16(21-10-13)17(19)18(3)4/h6-11H,1-5H3. The van der Waals surface area contributed by atoms with E-state index in [2.05, 4.69) is 26.0 Å². The number of nitrogens with zero attached hydrogens (tertiary/aromatic N) is 1. The van der Waals surface area contributed by atoms with Crippen LogP contribution >= 0.6 is 11.3 Å². The van der Waals surface area contributed by atoms with Crippen molar-refractivity contribution >= 4 is 17.2 Å². The van der Waals surface area contributed by atoms with E-state index in [0.717, 1.165) is 21.8 Å². The number of amides is 1. The number of hydrogen-bond acceptors (Lipinski definition) is 3. The molecule has 3 nitrogen and oxygen atoms in total. The predicted octanol–water partition coefficient (Wildman–Crippen LogP) is 4.25. The minimum absolute atomic E-state index is 0.0326. The van der Waals surface area contributed by atoms with Crippen LogP contribution in [0.2, 0.25) is 0 Å². The average molecular weight is 303 g/mol. The summed E-state index contributed by atoms with van der Waals surface area (Å²) in [5, 5.41) is 2.01. The van der Waals surface area contributed by atoms with Crippen LogP contribution in [0.5, 0.6) is 5.75 Å². The highest BCUT2D eigenvalue weighted by molar-refractivity contribution is 7.12. The second-order valence-electron chi connectivity index (χ2n) is 5.51. The van der Waals surface area contributed by atoms with Crippen molar-refractivity contribution in [3.8, 4) is 16.9 Å². The number of methoxy groups -OCH3 is 1. The van der Waals surface area contributed by atoms with Crippen LogP contribution in [0.3, 0.4) is 0 Å². The van der Waals surface area contributed by atoms with Crippen LogP contribution in [0.25, 0.3) is 11.1 Å². The first-order chi connectivity index (χ1) is 9.93. The van der Waals surface area contributed by atoms with Crippen molar-refractivity contribution in [3.05, 3.63) is 40.1 Å². The van der Waals surface area contributed by atoms with Gasteiger partial charge in [0.05, 0.1) is 12.0 Å². The molecule has 0 saturated heterocycles. The van der Waals surface area contributed by atoms with Crippen LogP contribution in [0.15, 0.2) is 29.6 Å². The monoisotopic (exact) mass is 303 g/mol. The van der Waals surface area contributed by atoms with E-state index in [1.54, 1.807) is 26.1 Å². The Hall–Kier alpha value is -1.81. The minimum Gasteiger partial charge on any atom is -0.496 e. The Morgan fingerprint density at radius 3 is 2.52 bits per heavy atom. The molecule has 0 spiro atoms. The van der Waals surface area contributed by atoms with Gasteiger partial charge in [-0.2, -0.15) is 0 Å². The Morgan fingerprint density at radius 1 is 1.24 bits per heavy atom. The summed E-state index contributed by atoms with van der Waals surface area (Å²) in [5.74, 6) is 1.32. The minimum atomic E-state index is 0.0326. The second-order valence-corrected chi connectivity index (χ2v) is 6.42. The summed E-state index contributed by atoms with van der Waals surface area (Å²) >= 11 is 1.47. The van der Waals surface area contributed by atoms with Gasteiger partial charge in [0, 0.05) is 19.7 Å². The largest absolute Gasteiger partial charge is 0.496 e. The Balaban J connectivity index is 2.45. The Kier molecular flexibility index (Phi) is 4.68. The van der Waals surface area contributed by atoms with Crippen LogP contribution in [0.1, 0.15) is 35.0 Å². The van der Waals surface area contributed by atoms with E-state index in [1.807, 2.05) is 17.5 Å². The van der Waals surface area contributed by atoms with Crippen molar-refractivity contribution in [3.63, 3.8) is 0 Å². The smallest absolute Gasteiger partial charge is 0.263 e. The summed E-state index contributed by atoms with van der Waals surface area (Å²) < 4.78 is 5.46. The van der Waals surface area contributed by atoms with Crippen molar-refractivity contribution < 1.29 is 9.53 Å². The molecule has 1 aromatic carbocycles. The van der Waals surface area contributed by atoms with Gasteiger partial charge in [-0.1, -0.05) is 19.9 Å². The van der Waals surface area contributed by atoms with Gasteiger partial charge >= 0.3 is 0 Å². The maximum atomic E-state index is 12.0. The summed E-state index contributed by atoms with van der Waals surface area (Å²) in [6, 6.07) is 8.17. The second kappa shape index (κ2) is 6.31. The van der Waals surface area contributed by atoms with E-state index in [-0.39, 0.29) is 5.91 Å². The van der Waals surface area contributed by atoms with E-state index in [1.165, 1.54) is 16.9 Å². The van der Waals surface area contributed by atoms with Crippen molar-refractivity contribution in [1.82, 2.24) is 4.90 Å². The molecule has 1 heterocycles. The van der Waals surface area contributed by atoms with Crippen molar-refractivity contribution in [2.75, 3.05) is 21.2 Å². The number of carbonyl (C=O) groups excluding carboxylic acids is 1. The molecule has 0 bridgehead atoms. The zero-order valence-corrected chi connectivity index (χ0v) is 14.0. The third-order valence-electron chi connectivity index (χ3n) is 3.42. The average Bonchev–Trinajstić information content (AvgIpc) is 2.95. The first kappa shape index (κ1) is 15.6. The third kappa shape index (κ3) is 3.27. The van der Waals surface area contributed by atoms with Gasteiger partial charge in [-0.3, -0.25) is 4.79 Å². The summed E-state index contributed by atoms with van der Waals surface area (Å²) in [5.41, 5.74) is 3.33. The normalized spacial score (nSPS) is 10.8. The molecule has 21 heavy (non-hydrogen) atoms. The lowest BCUT2D eigenvalue weighted by atomic mass is 9.97. The lowest BCUT2D eigenvalue weighted by Crippen LogP contribution is -2.20. The van der Waals surface area contributed by atoms with Crippen LogP contribution in [0, 0.1) is 0 Å². The number of hydrogen-bond donors (Lipinski definition) is 0. The first-order valence-electron chi connectivity index (χ1n) is 6.92. The van der Waals surface area contributed by atoms with Crippen LogP contribution in [0.4, 0.5) is 0 Å². The van der Waals surface area contributed by atoms with Gasteiger partial charge in [0.15, 0.2) is 0 Å². The Bertz CT molecular complexity index is 644. The molecule has 2 aromatic rings. The number of benzene rings is 1. The van der Waals surface area contributed by atoms with Gasteiger partial charge in [0.1, 0.15) is 5.75 Å². The maximum absolute atomic E-state index is 12.0.